The van der Waals surface area contributed by atoms with E-state index in [0.717, 1.165) is 15.6 Å². The van der Waals surface area contributed by atoms with E-state index in [4.69, 9.17) is 5.11 Å². The van der Waals surface area contributed by atoms with Crippen molar-refractivity contribution in [1.82, 2.24) is 10.2 Å². The zero-order valence-corrected chi connectivity index (χ0v) is 11.4. The van der Waals surface area contributed by atoms with Crippen LogP contribution in [-0.4, -0.2) is 35.1 Å². The number of nitrogens with one attached hydrogen (secondary N) is 1. The molecule has 6 heteroatoms. The first kappa shape index (κ1) is 12.9. The van der Waals surface area contributed by atoms with E-state index in [1.165, 1.54) is 4.90 Å². The lowest BCUT2D eigenvalue weighted by molar-refractivity contribution is -0.137. The van der Waals surface area contributed by atoms with Crippen LogP contribution in [-0.2, 0) is 4.79 Å². The maximum atomic E-state index is 11.6. The Bertz CT molecular complexity index is 504. The first-order valence-electron chi connectivity index (χ1n) is 5.50. The van der Waals surface area contributed by atoms with Gasteiger partial charge in [0.15, 0.2) is 0 Å². The standard InChI is InChI=1S/C12H13BrN2O3/c1-7-2-3-8(13)4-9(7)10-5-15(6-11(16)17)12(18)14-10/h2-4,10H,5-6H2,1H3,(H,14,18)(H,16,17). The highest BCUT2D eigenvalue weighted by atomic mass is 79.9. The summed E-state index contributed by atoms with van der Waals surface area (Å²) in [5.41, 5.74) is 2.08. The van der Waals surface area contributed by atoms with Crippen molar-refractivity contribution in [2.24, 2.45) is 0 Å². The van der Waals surface area contributed by atoms with Crippen LogP contribution in [0.15, 0.2) is 22.7 Å². The van der Waals surface area contributed by atoms with Gasteiger partial charge < -0.3 is 15.3 Å². The van der Waals surface area contributed by atoms with Gasteiger partial charge in [-0.05, 0) is 30.2 Å². The average Bonchev–Trinajstić information content (AvgIpc) is 2.63. The van der Waals surface area contributed by atoms with Crippen LogP contribution in [0, 0.1) is 6.92 Å². The van der Waals surface area contributed by atoms with Crippen LogP contribution in [0.2, 0.25) is 0 Å². The molecular formula is C12H13BrN2O3. The predicted octanol–water partition coefficient (Wildman–Crippen LogP) is 1.91. The molecule has 1 aliphatic heterocycles. The maximum absolute atomic E-state index is 11.6. The first-order valence-corrected chi connectivity index (χ1v) is 6.30. The number of hydrogen-bond donors (Lipinski definition) is 2. The number of carbonyl (C=O) groups excluding carboxylic acids is 1. The molecule has 0 radical (unpaired) electrons. The van der Waals surface area contributed by atoms with Gasteiger partial charge in [0.25, 0.3) is 0 Å². The van der Waals surface area contributed by atoms with Crippen LogP contribution in [0.5, 0.6) is 0 Å². The minimum absolute atomic E-state index is 0.158. The molecule has 1 atom stereocenters. The number of carboxylic acid groups (broad SMARTS) is 1. The fourth-order valence-corrected chi connectivity index (χ4v) is 2.43. The van der Waals surface area contributed by atoms with E-state index in [1.807, 2.05) is 25.1 Å². The average molecular weight is 313 g/mol. The molecule has 1 heterocycles. The van der Waals surface area contributed by atoms with Gasteiger partial charge in [-0.3, -0.25) is 4.79 Å². The number of halogens is 1. The second-order valence-electron chi connectivity index (χ2n) is 4.28. The van der Waals surface area contributed by atoms with Crippen LogP contribution in [0.1, 0.15) is 17.2 Å². The van der Waals surface area contributed by atoms with Crippen molar-refractivity contribution in [3.63, 3.8) is 0 Å². The van der Waals surface area contributed by atoms with Crippen LogP contribution < -0.4 is 5.32 Å². The summed E-state index contributed by atoms with van der Waals surface area (Å²) in [6.45, 7) is 2.07. The number of carboxylic acids is 1. The Kier molecular flexibility index (Phi) is 3.56. The van der Waals surface area contributed by atoms with E-state index in [9.17, 15) is 9.59 Å². The number of amides is 2. The van der Waals surface area contributed by atoms with E-state index < -0.39 is 5.97 Å². The van der Waals surface area contributed by atoms with Gasteiger partial charge in [0.2, 0.25) is 0 Å². The molecule has 2 N–H and O–H groups in total. The molecule has 1 aromatic carbocycles. The zero-order valence-electron chi connectivity index (χ0n) is 9.81. The Hall–Kier alpha value is -1.56. The first-order chi connectivity index (χ1) is 8.47. The molecule has 5 nitrogen and oxygen atoms in total. The lowest BCUT2D eigenvalue weighted by Gasteiger charge is -2.14. The number of benzene rings is 1. The maximum Gasteiger partial charge on any atom is 0.323 e. The highest BCUT2D eigenvalue weighted by Crippen LogP contribution is 2.26. The molecule has 0 aliphatic carbocycles. The summed E-state index contributed by atoms with van der Waals surface area (Å²) >= 11 is 3.39. The lowest BCUT2D eigenvalue weighted by Crippen LogP contribution is -2.32. The summed E-state index contributed by atoms with van der Waals surface area (Å²) in [5.74, 6) is -1.00. The van der Waals surface area contributed by atoms with Crippen molar-refractivity contribution in [3.05, 3.63) is 33.8 Å². The fourth-order valence-electron chi connectivity index (χ4n) is 2.05. The number of aliphatic carboxylic acids is 1. The van der Waals surface area contributed by atoms with Crippen molar-refractivity contribution in [2.75, 3.05) is 13.1 Å². The van der Waals surface area contributed by atoms with Gasteiger partial charge in [-0.1, -0.05) is 22.0 Å². The van der Waals surface area contributed by atoms with Crippen molar-refractivity contribution in [3.8, 4) is 0 Å². The van der Waals surface area contributed by atoms with Crippen molar-refractivity contribution >= 4 is 27.9 Å². The summed E-state index contributed by atoms with van der Waals surface area (Å²) in [6.07, 6.45) is 0. The third kappa shape index (κ3) is 2.64. The largest absolute Gasteiger partial charge is 0.480 e. The van der Waals surface area contributed by atoms with Gasteiger partial charge in [-0.15, -0.1) is 0 Å². The summed E-state index contributed by atoms with van der Waals surface area (Å²) in [4.78, 5) is 23.6. The van der Waals surface area contributed by atoms with Crippen molar-refractivity contribution in [2.45, 2.75) is 13.0 Å². The SMILES string of the molecule is Cc1ccc(Br)cc1C1CN(CC(=O)O)C(=O)N1. The molecule has 1 fully saturated rings. The van der Waals surface area contributed by atoms with Crippen LogP contribution >= 0.6 is 15.9 Å². The summed E-state index contributed by atoms with van der Waals surface area (Å²) in [6, 6.07) is 5.36. The molecule has 96 valence electrons. The molecule has 1 unspecified atom stereocenters. The molecule has 18 heavy (non-hydrogen) atoms. The number of aryl methyl sites for hydroxylation is 1. The molecule has 1 aromatic rings. The molecule has 1 saturated heterocycles. The van der Waals surface area contributed by atoms with E-state index in [0.29, 0.717) is 6.54 Å². The molecular weight excluding hydrogens is 300 g/mol. The highest BCUT2D eigenvalue weighted by Gasteiger charge is 2.31. The number of urea groups is 1. The Labute approximate surface area is 113 Å². The molecule has 0 bridgehead atoms. The lowest BCUT2D eigenvalue weighted by atomic mass is 10.0. The fraction of sp³-hybridized carbons (Fsp3) is 0.333. The minimum atomic E-state index is -1.00. The second-order valence-corrected chi connectivity index (χ2v) is 5.19. The number of hydrogen-bond acceptors (Lipinski definition) is 2. The Morgan fingerprint density at radius 2 is 2.33 bits per heavy atom. The smallest absolute Gasteiger partial charge is 0.323 e. The third-order valence-corrected chi connectivity index (χ3v) is 3.42. The quantitative estimate of drug-likeness (QED) is 0.895. The molecule has 2 rings (SSSR count). The van der Waals surface area contributed by atoms with Crippen molar-refractivity contribution < 1.29 is 14.7 Å². The third-order valence-electron chi connectivity index (χ3n) is 2.93. The number of carbonyl (C=O) groups is 2. The molecule has 1 aliphatic rings. The summed E-state index contributed by atoms with van der Waals surface area (Å²) in [7, 11) is 0. The van der Waals surface area contributed by atoms with Gasteiger partial charge in [-0.25, -0.2) is 4.79 Å². The van der Waals surface area contributed by atoms with Gasteiger partial charge >= 0.3 is 12.0 Å². The van der Waals surface area contributed by atoms with Gasteiger partial charge in [0, 0.05) is 11.0 Å². The minimum Gasteiger partial charge on any atom is -0.480 e. The topological polar surface area (TPSA) is 69.6 Å². The number of rotatable bonds is 3. The highest BCUT2D eigenvalue weighted by molar-refractivity contribution is 9.10. The Morgan fingerprint density at radius 3 is 3.00 bits per heavy atom. The van der Waals surface area contributed by atoms with E-state index >= 15 is 0 Å². The normalized spacial score (nSPS) is 18.9. The molecule has 0 spiro atoms. The predicted molar refractivity (Wildman–Crippen MR) is 69.4 cm³/mol. The van der Waals surface area contributed by atoms with E-state index in [1.54, 1.807) is 0 Å². The van der Waals surface area contributed by atoms with E-state index in [-0.39, 0.29) is 18.6 Å². The van der Waals surface area contributed by atoms with Gasteiger partial charge in [-0.2, -0.15) is 0 Å². The molecule has 2 amide bonds. The monoisotopic (exact) mass is 312 g/mol. The summed E-state index contributed by atoms with van der Waals surface area (Å²) < 4.78 is 0.939. The van der Waals surface area contributed by atoms with Crippen molar-refractivity contribution in [1.29, 1.82) is 0 Å². The number of nitrogens with zero attached hydrogens (tertiary/aromatic N) is 1. The van der Waals surface area contributed by atoms with Crippen LogP contribution in [0.3, 0.4) is 0 Å². The Balaban J connectivity index is 2.19. The van der Waals surface area contributed by atoms with Crippen LogP contribution in [0.4, 0.5) is 4.79 Å². The van der Waals surface area contributed by atoms with Gasteiger partial charge in [0.05, 0.1) is 6.04 Å². The van der Waals surface area contributed by atoms with E-state index in [2.05, 4.69) is 21.2 Å². The van der Waals surface area contributed by atoms with Gasteiger partial charge in [0.1, 0.15) is 6.54 Å². The second kappa shape index (κ2) is 4.97. The Morgan fingerprint density at radius 1 is 1.61 bits per heavy atom. The molecule has 0 saturated carbocycles. The molecule has 0 aromatic heterocycles. The van der Waals surface area contributed by atoms with Crippen LogP contribution in [0.25, 0.3) is 0 Å². The summed E-state index contributed by atoms with van der Waals surface area (Å²) in [5, 5.41) is 11.5. The zero-order chi connectivity index (χ0) is 13.3.